The van der Waals surface area contributed by atoms with Crippen molar-refractivity contribution < 1.29 is 14.3 Å². The first-order valence-electron chi connectivity index (χ1n) is 9.80. The fourth-order valence-corrected chi connectivity index (χ4v) is 3.13. The summed E-state index contributed by atoms with van der Waals surface area (Å²) in [5, 5.41) is 4.41. The first-order valence-corrected chi connectivity index (χ1v) is 9.80. The third kappa shape index (κ3) is 4.76. The van der Waals surface area contributed by atoms with Crippen LogP contribution in [0, 0.1) is 12.3 Å². The van der Waals surface area contributed by atoms with Gasteiger partial charge in [-0.25, -0.2) is 9.48 Å². The highest BCUT2D eigenvalue weighted by Gasteiger charge is 2.33. The molecule has 2 amide bonds. The largest absolute Gasteiger partial charge is 0.416 e. The van der Waals surface area contributed by atoms with Crippen molar-refractivity contribution in [2.75, 3.05) is 26.2 Å². The van der Waals surface area contributed by atoms with Crippen molar-refractivity contribution in [1.82, 2.24) is 19.6 Å². The minimum atomic E-state index is -0.566. The third-order valence-electron chi connectivity index (χ3n) is 5.04. The second-order valence-corrected chi connectivity index (χ2v) is 8.40. The molecule has 1 atom stereocenters. The Bertz CT molecular complexity index is 864. The fraction of sp³-hybridized carbons (Fsp3) is 0.476. The number of carbonyl (C=O) groups excluding carboxylic acids is 2. The van der Waals surface area contributed by atoms with Crippen LogP contribution in [-0.2, 0) is 4.79 Å². The first-order chi connectivity index (χ1) is 13.7. The van der Waals surface area contributed by atoms with E-state index >= 15 is 0 Å². The summed E-state index contributed by atoms with van der Waals surface area (Å²) in [5.41, 5.74) is 7.35. The Labute approximate surface area is 171 Å². The maximum atomic E-state index is 12.7. The molecule has 0 aliphatic carbocycles. The molecule has 2 N–H and O–H groups in total. The summed E-state index contributed by atoms with van der Waals surface area (Å²) in [6.45, 7) is 9.37. The zero-order valence-corrected chi connectivity index (χ0v) is 17.5. The number of aromatic nitrogens is 2. The van der Waals surface area contributed by atoms with Crippen LogP contribution in [0.4, 0.5) is 4.79 Å². The highest BCUT2D eigenvalue weighted by Crippen LogP contribution is 2.22. The van der Waals surface area contributed by atoms with Gasteiger partial charge in [-0.1, -0.05) is 39.0 Å². The molecule has 1 fully saturated rings. The molecule has 0 saturated carbocycles. The number of piperazine rings is 1. The third-order valence-corrected chi connectivity index (χ3v) is 5.04. The van der Waals surface area contributed by atoms with E-state index in [0.717, 1.165) is 11.4 Å². The van der Waals surface area contributed by atoms with Crippen LogP contribution >= 0.6 is 0 Å². The number of nitrogens with two attached hydrogens (primary N) is 1. The number of ether oxygens (including phenoxy) is 1. The number of carbonyl (C=O) groups is 2. The Morgan fingerprint density at radius 2 is 1.66 bits per heavy atom. The molecule has 0 bridgehead atoms. The number of para-hydroxylation sites is 1. The normalized spacial score (nSPS) is 15.9. The number of rotatable bonds is 3. The van der Waals surface area contributed by atoms with Gasteiger partial charge in [-0.3, -0.25) is 4.79 Å². The Morgan fingerprint density at radius 3 is 2.24 bits per heavy atom. The Hall–Kier alpha value is -2.87. The number of hydrogen-bond donors (Lipinski definition) is 1. The van der Waals surface area contributed by atoms with Crippen LogP contribution < -0.4 is 10.5 Å². The van der Waals surface area contributed by atoms with Gasteiger partial charge in [0.1, 0.15) is 0 Å². The lowest BCUT2D eigenvalue weighted by molar-refractivity contribution is -0.136. The first kappa shape index (κ1) is 20.9. The topological polar surface area (TPSA) is 93.7 Å². The second kappa shape index (κ2) is 8.24. The molecule has 2 heterocycles. The average molecular weight is 399 g/mol. The predicted octanol–water partition coefficient (Wildman–Crippen LogP) is 2.20. The van der Waals surface area contributed by atoms with E-state index < -0.39 is 12.1 Å². The minimum absolute atomic E-state index is 0.0803. The van der Waals surface area contributed by atoms with Crippen LogP contribution in [0.1, 0.15) is 26.5 Å². The van der Waals surface area contributed by atoms with Gasteiger partial charge in [-0.2, -0.15) is 5.10 Å². The zero-order chi connectivity index (χ0) is 21.2. The Morgan fingerprint density at radius 1 is 1.07 bits per heavy atom. The molecule has 8 heteroatoms. The lowest BCUT2D eigenvalue weighted by atomic mass is 9.86. The summed E-state index contributed by atoms with van der Waals surface area (Å²) in [6.07, 6.45) is -0.450. The predicted molar refractivity (Wildman–Crippen MR) is 110 cm³/mol. The number of aryl methyl sites for hydroxylation is 1. The van der Waals surface area contributed by atoms with Gasteiger partial charge in [0.25, 0.3) is 0 Å². The zero-order valence-electron chi connectivity index (χ0n) is 17.5. The van der Waals surface area contributed by atoms with Crippen LogP contribution in [0.3, 0.4) is 0 Å². The van der Waals surface area contributed by atoms with Crippen molar-refractivity contribution in [3.05, 3.63) is 42.1 Å². The van der Waals surface area contributed by atoms with Crippen LogP contribution in [0.5, 0.6) is 5.88 Å². The molecule has 0 radical (unpaired) electrons. The molecule has 1 aliphatic heterocycles. The summed E-state index contributed by atoms with van der Waals surface area (Å²) in [7, 11) is 0. The van der Waals surface area contributed by atoms with Crippen LogP contribution in [0.25, 0.3) is 5.69 Å². The molecular weight excluding hydrogens is 370 g/mol. The Kier molecular flexibility index (Phi) is 5.93. The van der Waals surface area contributed by atoms with Crippen molar-refractivity contribution in [3.63, 3.8) is 0 Å². The van der Waals surface area contributed by atoms with E-state index in [4.69, 9.17) is 10.5 Å². The van der Waals surface area contributed by atoms with Crippen LogP contribution in [0.2, 0.25) is 0 Å². The van der Waals surface area contributed by atoms with E-state index in [1.165, 1.54) is 0 Å². The van der Waals surface area contributed by atoms with Gasteiger partial charge in [-0.15, -0.1) is 0 Å². The molecule has 156 valence electrons. The molecule has 1 aliphatic rings. The molecule has 3 rings (SSSR count). The minimum Gasteiger partial charge on any atom is -0.391 e. The number of amides is 2. The fourth-order valence-electron chi connectivity index (χ4n) is 3.13. The number of nitrogens with zero attached hydrogens (tertiary/aromatic N) is 4. The maximum Gasteiger partial charge on any atom is 0.416 e. The van der Waals surface area contributed by atoms with E-state index in [-0.39, 0.29) is 11.3 Å². The van der Waals surface area contributed by atoms with Gasteiger partial charge in [0.15, 0.2) is 0 Å². The highest BCUT2D eigenvalue weighted by molar-refractivity contribution is 5.82. The number of hydrogen-bond acceptors (Lipinski definition) is 5. The van der Waals surface area contributed by atoms with Crippen LogP contribution in [0.15, 0.2) is 36.4 Å². The lowest BCUT2D eigenvalue weighted by Gasteiger charge is -2.37. The standard InChI is InChI=1S/C21H29N5O3/c1-15-14-17(26(23-15)16-8-6-5-7-9-16)29-20(28)25-12-10-24(11-13-25)19(27)18(22)21(2,3)4/h5-9,14,18H,10-13,22H2,1-4H3/t18-/m1/s1. The van der Waals surface area contributed by atoms with Gasteiger partial charge in [-0.05, 0) is 24.5 Å². The van der Waals surface area contributed by atoms with E-state index in [2.05, 4.69) is 5.10 Å². The number of benzene rings is 1. The average Bonchev–Trinajstić information content (AvgIpc) is 3.07. The van der Waals surface area contributed by atoms with Gasteiger partial charge in [0, 0.05) is 32.2 Å². The molecule has 0 spiro atoms. The second-order valence-electron chi connectivity index (χ2n) is 8.40. The molecule has 8 nitrogen and oxygen atoms in total. The van der Waals surface area contributed by atoms with Crippen molar-refractivity contribution in [3.8, 4) is 11.6 Å². The van der Waals surface area contributed by atoms with Crippen molar-refractivity contribution in [1.29, 1.82) is 0 Å². The maximum absolute atomic E-state index is 12.7. The molecule has 1 saturated heterocycles. The molecular formula is C21H29N5O3. The van der Waals surface area contributed by atoms with Crippen molar-refractivity contribution in [2.45, 2.75) is 33.7 Å². The molecule has 1 aromatic carbocycles. The Balaban J connectivity index is 1.62. The summed E-state index contributed by atoms with van der Waals surface area (Å²) in [5.74, 6) is 0.287. The lowest BCUT2D eigenvalue weighted by Crippen LogP contribution is -2.57. The molecule has 0 unspecified atom stereocenters. The summed E-state index contributed by atoms with van der Waals surface area (Å²) >= 11 is 0. The van der Waals surface area contributed by atoms with Gasteiger partial charge < -0.3 is 20.3 Å². The quantitative estimate of drug-likeness (QED) is 0.854. The van der Waals surface area contributed by atoms with E-state index in [1.54, 1.807) is 20.5 Å². The smallest absolute Gasteiger partial charge is 0.391 e. The van der Waals surface area contributed by atoms with Crippen molar-refractivity contribution in [2.24, 2.45) is 11.1 Å². The molecule has 1 aromatic heterocycles. The van der Waals surface area contributed by atoms with Gasteiger partial charge in [0.05, 0.1) is 17.4 Å². The molecule has 29 heavy (non-hydrogen) atoms. The van der Waals surface area contributed by atoms with Crippen molar-refractivity contribution >= 4 is 12.0 Å². The summed E-state index contributed by atoms with van der Waals surface area (Å²) in [4.78, 5) is 28.6. The monoisotopic (exact) mass is 399 g/mol. The SMILES string of the molecule is Cc1cc(OC(=O)N2CCN(C(=O)[C@@H](N)C(C)(C)C)CC2)n(-c2ccccc2)n1. The van der Waals surface area contributed by atoms with Gasteiger partial charge in [0.2, 0.25) is 11.8 Å². The summed E-state index contributed by atoms with van der Waals surface area (Å²) in [6, 6.07) is 10.7. The highest BCUT2D eigenvalue weighted by atomic mass is 16.6. The summed E-state index contributed by atoms with van der Waals surface area (Å²) < 4.78 is 7.22. The van der Waals surface area contributed by atoms with Crippen LogP contribution in [-0.4, -0.2) is 63.8 Å². The van der Waals surface area contributed by atoms with Gasteiger partial charge >= 0.3 is 6.09 Å². The van der Waals surface area contributed by atoms with E-state index in [9.17, 15) is 9.59 Å². The molecule has 2 aromatic rings. The van der Waals surface area contributed by atoms with E-state index in [0.29, 0.717) is 32.1 Å². The van der Waals surface area contributed by atoms with E-state index in [1.807, 2.05) is 58.0 Å².